The van der Waals surface area contributed by atoms with E-state index in [0.717, 1.165) is 24.4 Å². The molecule has 4 nitrogen and oxygen atoms in total. The van der Waals surface area contributed by atoms with E-state index in [0.29, 0.717) is 0 Å². The first-order chi connectivity index (χ1) is 7.29. The molecule has 2 rings (SSSR count). The van der Waals surface area contributed by atoms with E-state index in [1.165, 1.54) is 0 Å². The van der Waals surface area contributed by atoms with Crippen molar-refractivity contribution in [3.05, 3.63) is 24.3 Å². The van der Waals surface area contributed by atoms with Crippen molar-refractivity contribution in [2.75, 3.05) is 19.0 Å². The van der Waals surface area contributed by atoms with Gasteiger partial charge >= 0.3 is 0 Å². The molecule has 1 saturated heterocycles. The lowest BCUT2D eigenvalue weighted by Crippen LogP contribution is -2.50. The van der Waals surface area contributed by atoms with Crippen LogP contribution in [0.15, 0.2) is 24.3 Å². The van der Waals surface area contributed by atoms with Gasteiger partial charge in [-0.1, -0.05) is 6.07 Å². The number of methoxy groups -OCH3 is 1. The summed E-state index contributed by atoms with van der Waals surface area (Å²) >= 11 is 0. The zero-order valence-corrected chi connectivity index (χ0v) is 8.62. The van der Waals surface area contributed by atoms with Crippen molar-refractivity contribution >= 4 is 11.6 Å². The van der Waals surface area contributed by atoms with E-state index in [1.54, 1.807) is 13.2 Å². The molecule has 1 aromatic carbocycles. The first-order valence-electron chi connectivity index (χ1n) is 4.98. The molecule has 1 aromatic rings. The summed E-state index contributed by atoms with van der Waals surface area (Å²) < 4.78 is 5.07. The smallest absolute Gasteiger partial charge is 0.241 e. The van der Waals surface area contributed by atoms with Crippen molar-refractivity contribution in [1.29, 1.82) is 0 Å². The fraction of sp³-hybridized carbons (Fsp3) is 0.364. The summed E-state index contributed by atoms with van der Waals surface area (Å²) in [6.07, 6.45) is 0.913. The van der Waals surface area contributed by atoms with Crippen LogP contribution in [0.2, 0.25) is 0 Å². The minimum absolute atomic E-state index is 0.0227. The van der Waals surface area contributed by atoms with Gasteiger partial charge < -0.3 is 15.4 Å². The molecule has 0 radical (unpaired) electrons. The van der Waals surface area contributed by atoms with Crippen LogP contribution in [0.5, 0.6) is 5.75 Å². The molecule has 0 aromatic heterocycles. The summed E-state index contributed by atoms with van der Waals surface area (Å²) in [7, 11) is 1.61. The fourth-order valence-electron chi connectivity index (χ4n) is 1.44. The summed E-state index contributed by atoms with van der Waals surface area (Å²) in [6, 6.07) is 7.31. The number of nitrogens with one attached hydrogen (secondary N) is 2. The highest BCUT2D eigenvalue weighted by molar-refractivity contribution is 5.95. The average Bonchev–Trinajstić information content (AvgIpc) is 2.15. The molecule has 1 aliphatic rings. The number of amides is 1. The number of anilines is 1. The predicted octanol–water partition coefficient (Wildman–Crippen LogP) is 0.996. The SMILES string of the molecule is COc1cccc(NC(=O)[C@H]2CCN2)c1. The molecule has 1 fully saturated rings. The Bertz CT molecular complexity index is 361. The molecule has 0 bridgehead atoms. The Kier molecular flexibility index (Phi) is 2.87. The predicted molar refractivity (Wildman–Crippen MR) is 58.0 cm³/mol. The van der Waals surface area contributed by atoms with Crippen LogP contribution in [-0.2, 0) is 4.79 Å². The second-order valence-electron chi connectivity index (χ2n) is 3.52. The van der Waals surface area contributed by atoms with E-state index in [4.69, 9.17) is 4.74 Å². The minimum atomic E-state index is -0.0313. The Morgan fingerprint density at radius 2 is 2.40 bits per heavy atom. The van der Waals surface area contributed by atoms with E-state index in [2.05, 4.69) is 10.6 Å². The molecule has 0 aliphatic carbocycles. The maximum atomic E-state index is 11.6. The van der Waals surface area contributed by atoms with Crippen LogP contribution < -0.4 is 15.4 Å². The second kappa shape index (κ2) is 4.31. The molecule has 15 heavy (non-hydrogen) atoms. The van der Waals surface area contributed by atoms with Crippen LogP contribution >= 0.6 is 0 Å². The van der Waals surface area contributed by atoms with Gasteiger partial charge in [0.05, 0.1) is 13.2 Å². The van der Waals surface area contributed by atoms with Crippen molar-refractivity contribution in [1.82, 2.24) is 5.32 Å². The first-order valence-corrected chi connectivity index (χ1v) is 4.98. The number of hydrogen-bond acceptors (Lipinski definition) is 3. The van der Waals surface area contributed by atoms with Crippen LogP contribution in [0.25, 0.3) is 0 Å². The Hall–Kier alpha value is -1.55. The summed E-state index contributed by atoms with van der Waals surface area (Å²) in [4.78, 5) is 11.6. The van der Waals surface area contributed by atoms with Gasteiger partial charge in [-0.3, -0.25) is 4.79 Å². The van der Waals surface area contributed by atoms with E-state index < -0.39 is 0 Å². The molecule has 1 aliphatic heterocycles. The molecule has 4 heteroatoms. The van der Waals surface area contributed by atoms with Gasteiger partial charge in [0.15, 0.2) is 0 Å². The second-order valence-corrected chi connectivity index (χ2v) is 3.52. The van der Waals surface area contributed by atoms with Crippen molar-refractivity contribution in [3.8, 4) is 5.75 Å². The highest BCUT2D eigenvalue weighted by atomic mass is 16.5. The van der Waals surface area contributed by atoms with Gasteiger partial charge in [-0.15, -0.1) is 0 Å². The van der Waals surface area contributed by atoms with E-state index in [-0.39, 0.29) is 11.9 Å². The minimum Gasteiger partial charge on any atom is -0.497 e. The summed E-state index contributed by atoms with van der Waals surface area (Å²) in [5, 5.41) is 5.89. The summed E-state index contributed by atoms with van der Waals surface area (Å²) in [6.45, 7) is 0.927. The van der Waals surface area contributed by atoms with Crippen molar-refractivity contribution < 1.29 is 9.53 Å². The monoisotopic (exact) mass is 206 g/mol. The van der Waals surface area contributed by atoms with Crippen LogP contribution in [0.1, 0.15) is 6.42 Å². The topological polar surface area (TPSA) is 50.4 Å². The third kappa shape index (κ3) is 2.27. The lowest BCUT2D eigenvalue weighted by molar-refractivity contribution is -0.119. The number of ether oxygens (including phenoxy) is 1. The molecule has 1 amide bonds. The van der Waals surface area contributed by atoms with Gasteiger partial charge in [-0.05, 0) is 25.1 Å². The summed E-state index contributed by atoms with van der Waals surface area (Å²) in [5.74, 6) is 0.767. The van der Waals surface area contributed by atoms with Gasteiger partial charge in [0.1, 0.15) is 5.75 Å². The Morgan fingerprint density at radius 3 is 3.00 bits per heavy atom. The quantitative estimate of drug-likeness (QED) is 0.775. The van der Waals surface area contributed by atoms with Crippen LogP contribution in [0.4, 0.5) is 5.69 Å². The maximum Gasteiger partial charge on any atom is 0.241 e. The third-order valence-electron chi connectivity index (χ3n) is 2.48. The Balaban J connectivity index is 1.99. The maximum absolute atomic E-state index is 11.6. The Morgan fingerprint density at radius 1 is 1.60 bits per heavy atom. The molecular weight excluding hydrogens is 192 g/mol. The van der Waals surface area contributed by atoms with Gasteiger partial charge in [0, 0.05) is 11.8 Å². The number of carbonyl (C=O) groups excluding carboxylic acids is 1. The number of hydrogen-bond donors (Lipinski definition) is 2. The van der Waals surface area contributed by atoms with Crippen molar-refractivity contribution in [3.63, 3.8) is 0 Å². The van der Waals surface area contributed by atoms with Gasteiger partial charge in [0.25, 0.3) is 0 Å². The number of rotatable bonds is 3. The molecule has 2 N–H and O–H groups in total. The van der Waals surface area contributed by atoms with Gasteiger partial charge in [-0.2, -0.15) is 0 Å². The largest absolute Gasteiger partial charge is 0.497 e. The van der Waals surface area contributed by atoms with E-state index in [1.807, 2.05) is 18.2 Å². The molecular formula is C11H14N2O2. The van der Waals surface area contributed by atoms with Crippen LogP contribution in [0.3, 0.4) is 0 Å². The standard InChI is InChI=1S/C11H14N2O2/c1-15-9-4-2-3-8(7-9)13-11(14)10-5-6-12-10/h2-4,7,10,12H,5-6H2,1H3,(H,13,14)/t10-/m1/s1. The van der Waals surface area contributed by atoms with Crippen LogP contribution in [-0.4, -0.2) is 25.6 Å². The average molecular weight is 206 g/mol. The number of benzene rings is 1. The zero-order chi connectivity index (χ0) is 10.7. The van der Waals surface area contributed by atoms with Crippen molar-refractivity contribution in [2.45, 2.75) is 12.5 Å². The Labute approximate surface area is 88.6 Å². The molecule has 80 valence electrons. The normalized spacial score (nSPS) is 19.1. The first kappa shape index (κ1) is 9.98. The van der Waals surface area contributed by atoms with Gasteiger partial charge in [-0.25, -0.2) is 0 Å². The lowest BCUT2D eigenvalue weighted by atomic mass is 10.1. The highest BCUT2D eigenvalue weighted by Gasteiger charge is 2.24. The van der Waals surface area contributed by atoms with Crippen molar-refractivity contribution in [2.24, 2.45) is 0 Å². The van der Waals surface area contributed by atoms with E-state index >= 15 is 0 Å². The van der Waals surface area contributed by atoms with Gasteiger partial charge in [0.2, 0.25) is 5.91 Å². The summed E-state index contributed by atoms with van der Waals surface area (Å²) in [5.41, 5.74) is 0.771. The molecule has 0 spiro atoms. The highest BCUT2D eigenvalue weighted by Crippen LogP contribution is 2.17. The molecule has 0 saturated carbocycles. The molecule has 1 heterocycles. The van der Waals surface area contributed by atoms with E-state index in [9.17, 15) is 4.79 Å². The zero-order valence-electron chi connectivity index (χ0n) is 8.62. The molecule has 1 atom stereocenters. The number of carbonyl (C=O) groups is 1. The third-order valence-corrected chi connectivity index (χ3v) is 2.48. The molecule has 0 unspecified atom stereocenters. The van der Waals surface area contributed by atoms with Crippen LogP contribution in [0, 0.1) is 0 Å². The lowest BCUT2D eigenvalue weighted by Gasteiger charge is -2.26. The fourth-order valence-corrected chi connectivity index (χ4v) is 1.44.